The second-order valence-electron chi connectivity index (χ2n) is 5.44. The molecule has 3 N–H and O–H groups in total. The number of carbonyl (C=O) groups excluding carboxylic acids is 2. The van der Waals surface area contributed by atoms with Gasteiger partial charge in [-0.05, 0) is 50.3 Å². The molecule has 1 aliphatic carbocycles. The molecule has 23 heavy (non-hydrogen) atoms. The summed E-state index contributed by atoms with van der Waals surface area (Å²) in [4.78, 5) is 23.1. The number of ether oxygens (including phenoxy) is 1. The predicted octanol–water partition coefficient (Wildman–Crippen LogP) is 3.88. The highest BCUT2D eigenvalue weighted by molar-refractivity contribution is 5.91. The predicted molar refractivity (Wildman–Crippen MR) is 90.7 cm³/mol. The lowest BCUT2D eigenvalue weighted by atomic mass is 9.97. The summed E-state index contributed by atoms with van der Waals surface area (Å²) in [6.07, 6.45) is 7.45. The first-order valence-corrected chi connectivity index (χ1v) is 7.85. The highest BCUT2D eigenvalue weighted by Crippen LogP contribution is 2.19. The molecule has 1 aromatic rings. The van der Waals surface area contributed by atoms with E-state index in [-0.39, 0.29) is 6.03 Å². The van der Waals surface area contributed by atoms with Gasteiger partial charge in [-0.1, -0.05) is 17.7 Å². The Morgan fingerprint density at radius 1 is 1.17 bits per heavy atom. The third-order valence-corrected chi connectivity index (χ3v) is 3.67. The molecule has 0 aliphatic heterocycles. The fourth-order valence-electron chi connectivity index (χ4n) is 2.49. The van der Waals surface area contributed by atoms with Crippen molar-refractivity contribution in [2.45, 2.75) is 32.1 Å². The second kappa shape index (κ2) is 8.82. The van der Waals surface area contributed by atoms with E-state index in [0.29, 0.717) is 17.9 Å². The molecule has 6 nitrogen and oxygen atoms in total. The van der Waals surface area contributed by atoms with Gasteiger partial charge in [0.25, 0.3) is 0 Å². The highest BCUT2D eigenvalue weighted by atomic mass is 16.5. The largest absolute Gasteiger partial charge is 0.453 e. The number of rotatable bonds is 5. The molecule has 0 bridgehead atoms. The maximum atomic E-state index is 11.9. The summed E-state index contributed by atoms with van der Waals surface area (Å²) in [7, 11) is 1.30. The first-order valence-electron chi connectivity index (χ1n) is 7.85. The van der Waals surface area contributed by atoms with Crippen molar-refractivity contribution in [2.75, 3.05) is 24.3 Å². The SMILES string of the molecule is COC(=O)Nc1cccc(NC(=O)NCCC2=CCCCC2)c1. The van der Waals surface area contributed by atoms with Crippen molar-refractivity contribution in [2.24, 2.45) is 0 Å². The zero-order valence-electron chi connectivity index (χ0n) is 13.4. The molecule has 1 aromatic carbocycles. The van der Waals surface area contributed by atoms with Gasteiger partial charge in [0.05, 0.1) is 7.11 Å². The summed E-state index contributed by atoms with van der Waals surface area (Å²) in [6.45, 7) is 0.623. The van der Waals surface area contributed by atoms with Crippen molar-refractivity contribution in [3.05, 3.63) is 35.9 Å². The maximum Gasteiger partial charge on any atom is 0.411 e. The Hall–Kier alpha value is -2.50. The third kappa shape index (κ3) is 6.02. The van der Waals surface area contributed by atoms with E-state index in [1.54, 1.807) is 24.3 Å². The van der Waals surface area contributed by atoms with E-state index < -0.39 is 6.09 Å². The van der Waals surface area contributed by atoms with Crippen molar-refractivity contribution in [1.82, 2.24) is 5.32 Å². The molecule has 124 valence electrons. The molecule has 0 saturated carbocycles. The number of hydrogen-bond donors (Lipinski definition) is 3. The summed E-state index contributed by atoms with van der Waals surface area (Å²) in [6, 6.07) is 6.63. The number of urea groups is 1. The topological polar surface area (TPSA) is 79.5 Å². The van der Waals surface area contributed by atoms with Gasteiger partial charge >= 0.3 is 12.1 Å². The van der Waals surface area contributed by atoms with E-state index in [0.717, 1.165) is 19.3 Å². The molecule has 0 radical (unpaired) electrons. The number of nitrogens with one attached hydrogen (secondary N) is 3. The van der Waals surface area contributed by atoms with Gasteiger partial charge in [0, 0.05) is 17.9 Å². The van der Waals surface area contributed by atoms with E-state index in [2.05, 4.69) is 26.8 Å². The van der Waals surface area contributed by atoms with Crippen LogP contribution in [0.3, 0.4) is 0 Å². The summed E-state index contributed by atoms with van der Waals surface area (Å²) < 4.78 is 4.53. The Morgan fingerprint density at radius 3 is 2.65 bits per heavy atom. The Morgan fingerprint density at radius 2 is 1.96 bits per heavy atom. The Bertz CT molecular complexity index is 584. The molecule has 0 saturated heterocycles. The van der Waals surface area contributed by atoms with Crippen LogP contribution in [0.1, 0.15) is 32.1 Å². The summed E-state index contributed by atoms with van der Waals surface area (Å²) in [5.41, 5.74) is 2.59. The fourth-order valence-corrected chi connectivity index (χ4v) is 2.49. The van der Waals surface area contributed by atoms with Gasteiger partial charge in [0.1, 0.15) is 0 Å². The normalized spacial score (nSPS) is 13.7. The van der Waals surface area contributed by atoms with Crippen LogP contribution in [0.5, 0.6) is 0 Å². The molecule has 6 heteroatoms. The molecular weight excluding hydrogens is 294 g/mol. The van der Waals surface area contributed by atoms with Crippen LogP contribution in [0, 0.1) is 0 Å². The molecule has 0 atom stereocenters. The van der Waals surface area contributed by atoms with Crippen molar-refractivity contribution in [3.63, 3.8) is 0 Å². The highest BCUT2D eigenvalue weighted by Gasteiger charge is 2.06. The summed E-state index contributed by atoms with van der Waals surface area (Å²) in [5, 5.41) is 8.15. The van der Waals surface area contributed by atoms with Crippen LogP contribution in [0.2, 0.25) is 0 Å². The molecular formula is C17H23N3O3. The molecule has 2 rings (SSSR count). The number of allylic oxidation sites excluding steroid dienone is 1. The number of methoxy groups -OCH3 is 1. The van der Waals surface area contributed by atoms with Crippen molar-refractivity contribution in [3.8, 4) is 0 Å². The lowest BCUT2D eigenvalue weighted by Crippen LogP contribution is -2.29. The van der Waals surface area contributed by atoms with Crippen molar-refractivity contribution >= 4 is 23.5 Å². The first-order chi connectivity index (χ1) is 11.2. The van der Waals surface area contributed by atoms with Crippen LogP contribution >= 0.6 is 0 Å². The van der Waals surface area contributed by atoms with Crippen LogP contribution < -0.4 is 16.0 Å². The fraction of sp³-hybridized carbons (Fsp3) is 0.412. The van der Waals surface area contributed by atoms with E-state index in [1.165, 1.54) is 25.5 Å². The van der Waals surface area contributed by atoms with Gasteiger partial charge in [-0.2, -0.15) is 0 Å². The first kappa shape index (κ1) is 16.9. The van der Waals surface area contributed by atoms with E-state index in [4.69, 9.17) is 0 Å². The lowest BCUT2D eigenvalue weighted by Gasteiger charge is -2.13. The van der Waals surface area contributed by atoms with Crippen LogP contribution in [0.15, 0.2) is 35.9 Å². The van der Waals surface area contributed by atoms with Gasteiger partial charge < -0.3 is 15.4 Å². The zero-order chi connectivity index (χ0) is 16.5. The number of hydrogen-bond acceptors (Lipinski definition) is 3. The van der Waals surface area contributed by atoms with Gasteiger partial charge in [-0.15, -0.1) is 0 Å². The Balaban J connectivity index is 1.77. The smallest absolute Gasteiger partial charge is 0.411 e. The van der Waals surface area contributed by atoms with Crippen LogP contribution in [0.25, 0.3) is 0 Å². The molecule has 0 aromatic heterocycles. The van der Waals surface area contributed by atoms with E-state index in [9.17, 15) is 9.59 Å². The molecule has 0 heterocycles. The summed E-state index contributed by atoms with van der Waals surface area (Å²) >= 11 is 0. The second-order valence-corrected chi connectivity index (χ2v) is 5.44. The molecule has 0 fully saturated rings. The minimum absolute atomic E-state index is 0.253. The molecule has 0 unspecified atom stereocenters. The number of carbonyl (C=O) groups is 2. The minimum Gasteiger partial charge on any atom is -0.453 e. The van der Waals surface area contributed by atoms with Gasteiger partial charge in [0.2, 0.25) is 0 Å². The minimum atomic E-state index is -0.549. The molecule has 1 aliphatic rings. The van der Waals surface area contributed by atoms with E-state index in [1.807, 2.05) is 0 Å². The van der Waals surface area contributed by atoms with Crippen LogP contribution in [0.4, 0.5) is 21.0 Å². The lowest BCUT2D eigenvalue weighted by molar-refractivity contribution is 0.187. The average Bonchev–Trinajstić information content (AvgIpc) is 2.56. The standard InChI is InChI=1S/C17H23N3O3/c1-23-17(22)20-15-9-5-8-14(12-15)19-16(21)18-11-10-13-6-3-2-4-7-13/h5-6,8-9,12H,2-4,7,10-11H2,1H3,(H,20,22)(H2,18,19,21). The Kier molecular flexibility index (Phi) is 6.47. The third-order valence-electron chi connectivity index (χ3n) is 3.67. The van der Waals surface area contributed by atoms with Gasteiger partial charge in [0.15, 0.2) is 0 Å². The molecule has 0 spiro atoms. The summed E-state index contributed by atoms with van der Waals surface area (Å²) in [5.74, 6) is 0. The van der Waals surface area contributed by atoms with Crippen LogP contribution in [-0.4, -0.2) is 25.8 Å². The monoisotopic (exact) mass is 317 g/mol. The van der Waals surface area contributed by atoms with Gasteiger partial charge in [-0.25, -0.2) is 9.59 Å². The molecule has 3 amide bonds. The van der Waals surface area contributed by atoms with Crippen molar-refractivity contribution < 1.29 is 14.3 Å². The zero-order valence-corrected chi connectivity index (χ0v) is 13.4. The van der Waals surface area contributed by atoms with E-state index >= 15 is 0 Å². The Labute approximate surface area is 136 Å². The average molecular weight is 317 g/mol. The number of anilines is 2. The quantitative estimate of drug-likeness (QED) is 0.721. The maximum absolute atomic E-state index is 11.9. The number of benzene rings is 1. The number of amides is 3. The van der Waals surface area contributed by atoms with Gasteiger partial charge in [-0.3, -0.25) is 5.32 Å². The van der Waals surface area contributed by atoms with Crippen LogP contribution in [-0.2, 0) is 4.74 Å². The van der Waals surface area contributed by atoms with Crippen molar-refractivity contribution in [1.29, 1.82) is 0 Å².